The van der Waals surface area contributed by atoms with Crippen molar-refractivity contribution < 1.29 is 8.78 Å². The molecule has 17 heavy (non-hydrogen) atoms. The first-order chi connectivity index (χ1) is 8.19. The van der Waals surface area contributed by atoms with Gasteiger partial charge in [-0.1, -0.05) is 25.5 Å². The fourth-order valence-electron chi connectivity index (χ4n) is 2.54. The fourth-order valence-corrected chi connectivity index (χ4v) is 2.54. The predicted octanol–water partition coefficient (Wildman–Crippen LogP) is 4.80. The monoisotopic (exact) mass is 236 g/mol. The van der Waals surface area contributed by atoms with Gasteiger partial charge in [-0.2, -0.15) is 0 Å². The van der Waals surface area contributed by atoms with Crippen LogP contribution < -0.4 is 0 Å². The molecule has 2 rings (SSSR count). The van der Waals surface area contributed by atoms with Crippen LogP contribution in [0.3, 0.4) is 0 Å². The number of hydrogen-bond donors (Lipinski definition) is 0. The van der Waals surface area contributed by atoms with Crippen molar-refractivity contribution in [2.45, 2.75) is 32.6 Å². The zero-order valence-corrected chi connectivity index (χ0v) is 10.1. The Morgan fingerprint density at radius 1 is 1.29 bits per heavy atom. The number of halogens is 2. The van der Waals surface area contributed by atoms with Crippen LogP contribution in [0.25, 0.3) is 6.08 Å². The molecule has 1 fully saturated rings. The van der Waals surface area contributed by atoms with Crippen LogP contribution in [0.1, 0.15) is 38.2 Å². The van der Waals surface area contributed by atoms with Gasteiger partial charge in [0.1, 0.15) is 11.6 Å². The van der Waals surface area contributed by atoms with Gasteiger partial charge in [0.25, 0.3) is 0 Å². The fraction of sp³-hybridized carbons (Fsp3) is 0.467. The summed E-state index contributed by atoms with van der Waals surface area (Å²) in [5, 5.41) is 0. The highest BCUT2D eigenvalue weighted by Gasteiger charge is 2.20. The van der Waals surface area contributed by atoms with Crippen LogP contribution in [-0.2, 0) is 0 Å². The maximum atomic E-state index is 13.4. The molecule has 1 aromatic carbocycles. The molecule has 1 saturated carbocycles. The summed E-state index contributed by atoms with van der Waals surface area (Å²) in [6.45, 7) is 2.22. The van der Waals surface area contributed by atoms with Crippen LogP contribution in [0.4, 0.5) is 8.78 Å². The van der Waals surface area contributed by atoms with E-state index >= 15 is 0 Å². The molecule has 0 aromatic heterocycles. The lowest BCUT2D eigenvalue weighted by molar-refractivity contribution is 0.516. The minimum absolute atomic E-state index is 0.478. The van der Waals surface area contributed by atoms with Crippen molar-refractivity contribution in [2.75, 3.05) is 0 Å². The minimum atomic E-state index is -0.522. The number of hydrogen-bond acceptors (Lipinski definition) is 0. The van der Waals surface area contributed by atoms with Gasteiger partial charge in [0.15, 0.2) is 0 Å². The second-order valence-electron chi connectivity index (χ2n) is 4.87. The maximum absolute atomic E-state index is 13.4. The van der Waals surface area contributed by atoms with E-state index in [9.17, 15) is 8.78 Å². The first-order valence-electron chi connectivity index (χ1n) is 6.32. The number of rotatable bonds is 3. The zero-order chi connectivity index (χ0) is 12.3. The van der Waals surface area contributed by atoms with E-state index in [0.29, 0.717) is 11.5 Å². The lowest BCUT2D eigenvalue weighted by atomic mass is 10.0. The average molecular weight is 236 g/mol. The third-order valence-corrected chi connectivity index (χ3v) is 3.67. The summed E-state index contributed by atoms with van der Waals surface area (Å²) < 4.78 is 26.1. The molecule has 0 N–H and O–H groups in total. The number of allylic oxidation sites excluding steroid dienone is 1. The molecule has 0 heterocycles. The standard InChI is InChI=1S/C15H18F2/c1-2-11-3-4-12(9-11)5-6-13-7-8-14(16)10-15(13)17/h5-8,10-12H,2-4,9H2,1H3/b6-5+. The van der Waals surface area contributed by atoms with E-state index in [-0.39, 0.29) is 0 Å². The Hall–Kier alpha value is -1.18. The molecular formula is C15H18F2. The molecule has 1 aliphatic rings. The Bertz CT molecular complexity index is 409. The second-order valence-corrected chi connectivity index (χ2v) is 4.87. The van der Waals surface area contributed by atoms with Crippen LogP contribution in [0.15, 0.2) is 24.3 Å². The van der Waals surface area contributed by atoms with Gasteiger partial charge in [-0.25, -0.2) is 8.78 Å². The summed E-state index contributed by atoms with van der Waals surface area (Å²) in [5.74, 6) is 0.380. The third kappa shape index (κ3) is 3.15. The van der Waals surface area contributed by atoms with Gasteiger partial charge < -0.3 is 0 Å². The smallest absolute Gasteiger partial charge is 0.133 e. The zero-order valence-electron chi connectivity index (χ0n) is 10.1. The van der Waals surface area contributed by atoms with Crippen molar-refractivity contribution in [1.82, 2.24) is 0 Å². The van der Waals surface area contributed by atoms with E-state index in [4.69, 9.17) is 0 Å². The topological polar surface area (TPSA) is 0 Å². The van der Waals surface area contributed by atoms with Gasteiger partial charge in [0, 0.05) is 11.6 Å². The van der Waals surface area contributed by atoms with Crippen LogP contribution in [0, 0.1) is 23.5 Å². The van der Waals surface area contributed by atoms with Crippen LogP contribution in [0.5, 0.6) is 0 Å². The molecular weight excluding hydrogens is 218 g/mol. The van der Waals surface area contributed by atoms with Crippen LogP contribution in [-0.4, -0.2) is 0 Å². The van der Waals surface area contributed by atoms with Crippen molar-refractivity contribution in [1.29, 1.82) is 0 Å². The summed E-state index contributed by atoms with van der Waals surface area (Å²) in [6.07, 6.45) is 8.77. The van der Waals surface area contributed by atoms with E-state index in [1.54, 1.807) is 6.08 Å². The SMILES string of the molecule is CCC1CCC(/C=C/c2ccc(F)cc2F)C1. The highest BCUT2D eigenvalue weighted by molar-refractivity contribution is 5.50. The molecule has 2 unspecified atom stereocenters. The van der Waals surface area contributed by atoms with Gasteiger partial charge in [0.2, 0.25) is 0 Å². The van der Waals surface area contributed by atoms with Crippen molar-refractivity contribution in [3.63, 3.8) is 0 Å². The van der Waals surface area contributed by atoms with Crippen molar-refractivity contribution in [2.24, 2.45) is 11.8 Å². The molecule has 2 heteroatoms. The average Bonchev–Trinajstić information content (AvgIpc) is 2.76. The summed E-state index contributed by atoms with van der Waals surface area (Å²) >= 11 is 0. The molecule has 0 saturated heterocycles. The normalized spacial score (nSPS) is 24.6. The van der Waals surface area contributed by atoms with Crippen molar-refractivity contribution >= 4 is 6.08 Å². The molecule has 0 nitrogen and oxygen atoms in total. The van der Waals surface area contributed by atoms with Gasteiger partial charge in [-0.15, -0.1) is 0 Å². The lowest BCUT2D eigenvalue weighted by Gasteiger charge is -2.04. The van der Waals surface area contributed by atoms with E-state index in [1.807, 2.05) is 0 Å². The van der Waals surface area contributed by atoms with Crippen molar-refractivity contribution in [3.05, 3.63) is 41.5 Å². The first kappa shape index (κ1) is 12.3. The summed E-state index contributed by atoms with van der Waals surface area (Å²) in [7, 11) is 0. The second kappa shape index (κ2) is 5.44. The number of benzene rings is 1. The Morgan fingerprint density at radius 2 is 2.12 bits per heavy atom. The molecule has 0 spiro atoms. The molecule has 0 amide bonds. The van der Waals surface area contributed by atoms with Gasteiger partial charge in [-0.3, -0.25) is 0 Å². The predicted molar refractivity (Wildman–Crippen MR) is 66.5 cm³/mol. The van der Waals surface area contributed by atoms with Crippen LogP contribution in [0.2, 0.25) is 0 Å². The molecule has 1 aliphatic carbocycles. The van der Waals surface area contributed by atoms with Gasteiger partial charge in [0.05, 0.1) is 0 Å². The maximum Gasteiger partial charge on any atom is 0.133 e. The van der Waals surface area contributed by atoms with Crippen molar-refractivity contribution in [3.8, 4) is 0 Å². The lowest BCUT2D eigenvalue weighted by Crippen LogP contribution is -1.92. The first-order valence-corrected chi connectivity index (χ1v) is 6.32. The quantitative estimate of drug-likeness (QED) is 0.706. The Balaban J connectivity index is 2.01. The molecule has 0 radical (unpaired) electrons. The van der Waals surface area contributed by atoms with E-state index < -0.39 is 11.6 Å². The minimum Gasteiger partial charge on any atom is -0.207 e. The molecule has 2 atom stereocenters. The molecule has 0 bridgehead atoms. The molecule has 1 aromatic rings. The Kier molecular flexibility index (Phi) is 3.93. The largest absolute Gasteiger partial charge is 0.207 e. The Labute approximate surface area is 101 Å². The summed E-state index contributed by atoms with van der Waals surface area (Å²) in [5.41, 5.74) is 0.478. The molecule has 0 aliphatic heterocycles. The Morgan fingerprint density at radius 3 is 2.76 bits per heavy atom. The molecule has 92 valence electrons. The van der Waals surface area contributed by atoms with E-state index in [0.717, 1.165) is 12.0 Å². The van der Waals surface area contributed by atoms with E-state index in [2.05, 4.69) is 13.0 Å². The van der Waals surface area contributed by atoms with Crippen LogP contribution >= 0.6 is 0 Å². The highest BCUT2D eigenvalue weighted by atomic mass is 19.1. The third-order valence-electron chi connectivity index (χ3n) is 3.67. The summed E-state index contributed by atoms with van der Waals surface area (Å²) in [4.78, 5) is 0. The summed E-state index contributed by atoms with van der Waals surface area (Å²) in [6, 6.07) is 3.73. The van der Waals surface area contributed by atoms with Gasteiger partial charge in [-0.05, 0) is 43.2 Å². The van der Waals surface area contributed by atoms with E-state index in [1.165, 1.54) is 37.8 Å². The van der Waals surface area contributed by atoms with Gasteiger partial charge >= 0.3 is 0 Å². The highest BCUT2D eigenvalue weighted by Crippen LogP contribution is 2.34.